The number of carbonyl (C=O) groups excluding carboxylic acids is 1. The molecular formula is C13H12ClN3O2. The number of nitrogens with two attached hydrogens (primary N) is 1. The molecule has 98 valence electrons. The molecule has 0 fully saturated rings. The van der Waals surface area contributed by atoms with Gasteiger partial charge in [-0.05, 0) is 17.7 Å². The molecule has 0 radical (unpaired) electrons. The predicted octanol–water partition coefficient (Wildman–Crippen LogP) is 2.11. The van der Waals surface area contributed by atoms with Crippen molar-refractivity contribution in [1.29, 1.82) is 0 Å². The second-order valence-electron chi connectivity index (χ2n) is 3.86. The maximum atomic E-state index is 11.6. The monoisotopic (exact) mass is 277 g/mol. The van der Waals surface area contributed by atoms with E-state index in [9.17, 15) is 4.79 Å². The zero-order valence-electron chi connectivity index (χ0n) is 10.0. The summed E-state index contributed by atoms with van der Waals surface area (Å²) in [5, 5.41) is 0.569. The SMILES string of the molecule is Nc1ccc(CCOC(=O)c2cncnc2)c(Cl)c1. The average molecular weight is 278 g/mol. The maximum absolute atomic E-state index is 11.6. The van der Waals surface area contributed by atoms with Crippen LogP contribution in [0.5, 0.6) is 0 Å². The van der Waals surface area contributed by atoms with Crippen molar-refractivity contribution in [3.05, 3.63) is 53.1 Å². The molecule has 0 aliphatic rings. The highest BCUT2D eigenvalue weighted by atomic mass is 35.5. The summed E-state index contributed by atoms with van der Waals surface area (Å²) in [6, 6.07) is 5.24. The number of halogens is 1. The minimum atomic E-state index is -0.452. The molecule has 2 rings (SSSR count). The molecule has 1 heterocycles. The summed E-state index contributed by atoms with van der Waals surface area (Å²) in [5.74, 6) is -0.452. The fourth-order valence-corrected chi connectivity index (χ4v) is 1.79. The number of ether oxygens (including phenoxy) is 1. The number of benzene rings is 1. The second kappa shape index (κ2) is 6.15. The third-order valence-electron chi connectivity index (χ3n) is 2.48. The minimum Gasteiger partial charge on any atom is -0.462 e. The van der Waals surface area contributed by atoms with Crippen molar-refractivity contribution in [2.75, 3.05) is 12.3 Å². The summed E-state index contributed by atoms with van der Waals surface area (Å²) in [7, 11) is 0. The molecule has 5 nitrogen and oxygen atoms in total. The van der Waals surface area contributed by atoms with Crippen molar-refractivity contribution >= 4 is 23.3 Å². The number of hydrogen-bond acceptors (Lipinski definition) is 5. The van der Waals surface area contributed by atoms with Crippen LogP contribution in [0.1, 0.15) is 15.9 Å². The largest absolute Gasteiger partial charge is 0.462 e. The van der Waals surface area contributed by atoms with E-state index in [4.69, 9.17) is 22.1 Å². The van der Waals surface area contributed by atoms with E-state index in [0.29, 0.717) is 22.7 Å². The number of nitrogen functional groups attached to an aromatic ring is 1. The van der Waals surface area contributed by atoms with Gasteiger partial charge in [0.15, 0.2) is 0 Å². The summed E-state index contributed by atoms with van der Waals surface area (Å²) < 4.78 is 5.11. The Hall–Kier alpha value is -2.14. The Balaban J connectivity index is 1.88. The summed E-state index contributed by atoms with van der Waals surface area (Å²) in [6.07, 6.45) is 4.69. The Morgan fingerprint density at radius 3 is 2.74 bits per heavy atom. The highest BCUT2D eigenvalue weighted by Crippen LogP contribution is 2.19. The fraction of sp³-hybridized carbons (Fsp3) is 0.154. The Labute approximate surface area is 115 Å². The third-order valence-corrected chi connectivity index (χ3v) is 2.83. The molecular weight excluding hydrogens is 266 g/mol. The molecule has 2 aromatic rings. The first-order valence-electron chi connectivity index (χ1n) is 5.63. The number of anilines is 1. The normalized spacial score (nSPS) is 10.2. The smallest absolute Gasteiger partial charge is 0.341 e. The topological polar surface area (TPSA) is 78.1 Å². The van der Waals surface area contributed by atoms with Crippen LogP contribution in [0.3, 0.4) is 0 Å². The molecule has 0 atom stereocenters. The molecule has 6 heteroatoms. The number of esters is 1. The van der Waals surface area contributed by atoms with Crippen LogP contribution in [-0.4, -0.2) is 22.5 Å². The third kappa shape index (κ3) is 3.66. The van der Waals surface area contributed by atoms with E-state index in [1.54, 1.807) is 12.1 Å². The number of nitrogens with zero attached hydrogens (tertiary/aromatic N) is 2. The summed E-state index contributed by atoms with van der Waals surface area (Å²) in [5.41, 5.74) is 7.41. The van der Waals surface area contributed by atoms with Gasteiger partial charge >= 0.3 is 5.97 Å². The lowest BCUT2D eigenvalue weighted by Gasteiger charge is -2.06. The first-order valence-corrected chi connectivity index (χ1v) is 6.00. The van der Waals surface area contributed by atoms with Crippen molar-refractivity contribution in [3.63, 3.8) is 0 Å². The zero-order valence-corrected chi connectivity index (χ0v) is 10.8. The molecule has 0 saturated heterocycles. The van der Waals surface area contributed by atoms with Crippen LogP contribution in [-0.2, 0) is 11.2 Å². The molecule has 0 amide bonds. The maximum Gasteiger partial charge on any atom is 0.341 e. The van der Waals surface area contributed by atoms with Crippen molar-refractivity contribution in [3.8, 4) is 0 Å². The standard InChI is InChI=1S/C13H12ClN3O2/c14-12-5-11(15)2-1-9(12)3-4-19-13(18)10-6-16-8-17-7-10/h1-2,5-8H,3-4,15H2. The van der Waals surface area contributed by atoms with Gasteiger partial charge in [-0.15, -0.1) is 0 Å². The Bertz CT molecular complexity index is 575. The fourth-order valence-electron chi connectivity index (χ4n) is 1.51. The van der Waals surface area contributed by atoms with Gasteiger partial charge in [-0.2, -0.15) is 0 Å². The second-order valence-corrected chi connectivity index (χ2v) is 4.27. The average Bonchev–Trinajstić information content (AvgIpc) is 2.42. The molecule has 0 aliphatic heterocycles. The number of aromatic nitrogens is 2. The number of carbonyl (C=O) groups is 1. The molecule has 19 heavy (non-hydrogen) atoms. The quantitative estimate of drug-likeness (QED) is 0.684. The van der Waals surface area contributed by atoms with Crippen molar-refractivity contribution in [1.82, 2.24) is 9.97 Å². The number of hydrogen-bond donors (Lipinski definition) is 1. The summed E-state index contributed by atoms with van der Waals surface area (Å²) in [4.78, 5) is 19.1. The molecule has 1 aromatic heterocycles. The predicted molar refractivity (Wildman–Crippen MR) is 71.9 cm³/mol. The van der Waals surface area contributed by atoms with E-state index >= 15 is 0 Å². The van der Waals surface area contributed by atoms with Crippen LogP contribution in [0, 0.1) is 0 Å². The zero-order chi connectivity index (χ0) is 13.7. The van der Waals surface area contributed by atoms with Crippen molar-refractivity contribution in [2.45, 2.75) is 6.42 Å². The van der Waals surface area contributed by atoms with E-state index < -0.39 is 5.97 Å². The Kier molecular flexibility index (Phi) is 4.30. The molecule has 2 N–H and O–H groups in total. The van der Waals surface area contributed by atoms with Gasteiger partial charge in [-0.1, -0.05) is 17.7 Å². The van der Waals surface area contributed by atoms with E-state index in [1.165, 1.54) is 18.7 Å². The van der Waals surface area contributed by atoms with Gasteiger partial charge in [0.1, 0.15) is 6.33 Å². The molecule has 0 saturated carbocycles. The van der Waals surface area contributed by atoms with Crippen LogP contribution >= 0.6 is 11.6 Å². The van der Waals surface area contributed by atoms with Gasteiger partial charge < -0.3 is 10.5 Å². The van der Waals surface area contributed by atoms with Gasteiger partial charge in [0.05, 0.1) is 12.2 Å². The minimum absolute atomic E-state index is 0.233. The van der Waals surface area contributed by atoms with Gasteiger partial charge in [-0.3, -0.25) is 0 Å². The lowest BCUT2D eigenvalue weighted by atomic mass is 10.1. The lowest BCUT2D eigenvalue weighted by Crippen LogP contribution is -2.09. The lowest BCUT2D eigenvalue weighted by molar-refractivity contribution is 0.0508. The Morgan fingerprint density at radius 2 is 2.05 bits per heavy atom. The van der Waals surface area contributed by atoms with Gasteiger partial charge in [-0.25, -0.2) is 14.8 Å². The van der Waals surface area contributed by atoms with Crippen LogP contribution in [0.4, 0.5) is 5.69 Å². The van der Waals surface area contributed by atoms with Gasteiger partial charge in [0.25, 0.3) is 0 Å². The van der Waals surface area contributed by atoms with Crippen LogP contribution in [0.15, 0.2) is 36.9 Å². The van der Waals surface area contributed by atoms with Crippen LogP contribution < -0.4 is 5.73 Å². The summed E-state index contributed by atoms with van der Waals surface area (Å²) >= 11 is 6.02. The van der Waals surface area contributed by atoms with E-state index in [1.807, 2.05) is 6.07 Å². The highest BCUT2D eigenvalue weighted by Gasteiger charge is 2.08. The highest BCUT2D eigenvalue weighted by molar-refractivity contribution is 6.31. The number of rotatable bonds is 4. The first-order chi connectivity index (χ1) is 9.16. The molecule has 0 bridgehead atoms. The Morgan fingerprint density at radius 1 is 1.32 bits per heavy atom. The molecule has 0 aliphatic carbocycles. The van der Waals surface area contributed by atoms with Crippen molar-refractivity contribution in [2.24, 2.45) is 0 Å². The molecule has 0 spiro atoms. The molecule has 1 aromatic carbocycles. The van der Waals surface area contributed by atoms with E-state index in [-0.39, 0.29) is 6.61 Å². The summed E-state index contributed by atoms with van der Waals surface area (Å²) in [6.45, 7) is 0.233. The molecule has 0 unspecified atom stereocenters. The first kappa shape index (κ1) is 13.3. The van der Waals surface area contributed by atoms with E-state index in [2.05, 4.69) is 9.97 Å². The van der Waals surface area contributed by atoms with Crippen LogP contribution in [0.25, 0.3) is 0 Å². The van der Waals surface area contributed by atoms with Crippen LogP contribution in [0.2, 0.25) is 5.02 Å². The van der Waals surface area contributed by atoms with E-state index in [0.717, 1.165) is 5.56 Å². The van der Waals surface area contributed by atoms with Gasteiger partial charge in [0.2, 0.25) is 0 Å². The van der Waals surface area contributed by atoms with Crippen molar-refractivity contribution < 1.29 is 9.53 Å². The van der Waals surface area contributed by atoms with Gasteiger partial charge in [0, 0.05) is 29.5 Å².